The zero-order valence-electron chi connectivity index (χ0n) is 12.5. The van der Waals surface area contributed by atoms with E-state index >= 15 is 0 Å². The fourth-order valence-corrected chi connectivity index (χ4v) is 3.06. The standard InChI is InChI=1S/C16H20O5/c1-9-6-11(12(7-9)16(18)19)15(17)13-8-10(20-2)4-5-14(13)21-3/h4-5,8-9,11-12H,6-7H2,1-3H3,(H,18,19). The number of Topliss-reactive ketones (excluding diaryl/α,β-unsaturated/α-hetero) is 1. The second-order valence-corrected chi connectivity index (χ2v) is 5.56. The van der Waals surface area contributed by atoms with Crippen molar-refractivity contribution in [3.8, 4) is 11.5 Å². The molecule has 0 heterocycles. The number of hydrogen-bond donors (Lipinski definition) is 1. The summed E-state index contributed by atoms with van der Waals surface area (Å²) >= 11 is 0. The van der Waals surface area contributed by atoms with Gasteiger partial charge in [-0.1, -0.05) is 6.92 Å². The molecule has 1 aliphatic carbocycles. The van der Waals surface area contributed by atoms with Crippen molar-refractivity contribution in [1.29, 1.82) is 0 Å². The minimum atomic E-state index is -0.903. The Kier molecular flexibility index (Phi) is 4.50. The largest absolute Gasteiger partial charge is 0.497 e. The number of aliphatic carboxylic acids is 1. The number of carboxylic acids is 1. The molecule has 1 aromatic carbocycles. The average Bonchev–Trinajstić information content (AvgIpc) is 2.88. The van der Waals surface area contributed by atoms with Crippen molar-refractivity contribution in [2.24, 2.45) is 17.8 Å². The third-order valence-electron chi connectivity index (χ3n) is 4.12. The maximum atomic E-state index is 12.8. The minimum absolute atomic E-state index is 0.178. The Bertz CT molecular complexity index is 552. The van der Waals surface area contributed by atoms with E-state index < -0.39 is 17.8 Å². The molecule has 0 aromatic heterocycles. The van der Waals surface area contributed by atoms with E-state index in [1.165, 1.54) is 14.2 Å². The van der Waals surface area contributed by atoms with Crippen molar-refractivity contribution in [1.82, 2.24) is 0 Å². The molecule has 1 N–H and O–H groups in total. The van der Waals surface area contributed by atoms with Crippen LogP contribution < -0.4 is 9.47 Å². The fraction of sp³-hybridized carbons (Fsp3) is 0.500. The van der Waals surface area contributed by atoms with Gasteiger partial charge in [-0.05, 0) is 37.0 Å². The Morgan fingerprint density at radius 1 is 1.14 bits per heavy atom. The summed E-state index contributed by atoms with van der Waals surface area (Å²) < 4.78 is 10.4. The van der Waals surface area contributed by atoms with Crippen LogP contribution in [0.15, 0.2) is 18.2 Å². The van der Waals surface area contributed by atoms with Gasteiger partial charge in [0, 0.05) is 5.92 Å². The first kappa shape index (κ1) is 15.4. The van der Waals surface area contributed by atoms with Gasteiger partial charge < -0.3 is 14.6 Å². The number of ketones is 1. The second-order valence-electron chi connectivity index (χ2n) is 5.56. The summed E-state index contributed by atoms with van der Waals surface area (Å²) in [5.41, 5.74) is 0.391. The summed E-state index contributed by atoms with van der Waals surface area (Å²) in [6, 6.07) is 4.99. The van der Waals surface area contributed by atoms with Crippen molar-refractivity contribution in [2.45, 2.75) is 19.8 Å². The Hall–Kier alpha value is -2.04. The summed E-state index contributed by atoms with van der Waals surface area (Å²) in [6.45, 7) is 1.98. The van der Waals surface area contributed by atoms with Gasteiger partial charge in [0.25, 0.3) is 0 Å². The lowest BCUT2D eigenvalue weighted by molar-refractivity contribution is -0.142. The first-order valence-electron chi connectivity index (χ1n) is 6.97. The highest BCUT2D eigenvalue weighted by Crippen LogP contribution is 2.40. The first-order chi connectivity index (χ1) is 9.97. The maximum Gasteiger partial charge on any atom is 0.307 e. The van der Waals surface area contributed by atoms with E-state index in [1.807, 2.05) is 6.92 Å². The molecule has 1 aromatic rings. The molecule has 114 valence electrons. The summed E-state index contributed by atoms with van der Waals surface area (Å²) in [6.07, 6.45) is 1.13. The maximum absolute atomic E-state index is 12.8. The molecule has 0 spiro atoms. The molecule has 0 bridgehead atoms. The van der Waals surface area contributed by atoms with Gasteiger partial charge in [-0.25, -0.2) is 0 Å². The van der Waals surface area contributed by atoms with Gasteiger partial charge in [-0.2, -0.15) is 0 Å². The van der Waals surface area contributed by atoms with Crippen molar-refractivity contribution in [3.63, 3.8) is 0 Å². The molecule has 1 saturated carbocycles. The number of carbonyl (C=O) groups is 2. The minimum Gasteiger partial charge on any atom is -0.497 e. The van der Waals surface area contributed by atoms with Crippen LogP contribution in [-0.4, -0.2) is 31.1 Å². The van der Waals surface area contributed by atoms with E-state index in [1.54, 1.807) is 18.2 Å². The van der Waals surface area contributed by atoms with Gasteiger partial charge in [0.2, 0.25) is 0 Å². The van der Waals surface area contributed by atoms with E-state index in [0.717, 1.165) is 0 Å². The van der Waals surface area contributed by atoms with Crippen molar-refractivity contribution in [2.75, 3.05) is 14.2 Å². The molecular weight excluding hydrogens is 272 g/mol. The van der Waals surface area contributed by atoms with E-state index in [4.69, 9.17) is 9.47 Å². The van der Waals surface area contributed by atoms with Gasteiger partial charge in [0.1, 0.15) is 11.5 Å². The smallest absolute Gasteiger partial charge is 0.307 e. The third-order valence-corrected chi connectivity index (χ3v) is 4.12. The lowest BCUT2D eigenvalue weighted by Gasteiger charge is -2.17. The lowest BCUT2D eigenvalue weighted by atomic mass is 9.88. The number of rotatable bonds is 5. The number of benzene rings is 1. The van der Waals surface area contributed by atoms with Crippen LogP contribution in [0.4, 0.5) is 0 Å². The quantitative estimate of drug-likeness (QED) is 0.845. The number of hydrogen-bond acceptors (Lipinski definition) is 4. The Morgan fingerprint density at radius 2 is 1.81 bits per heavy atom. The lowest BCUT2D eigenvalue weighted by Crippen LogP contribution is -2.25. The zero-order chi connectivity index (χ0) is 15.6. The van der Waals surface area contributed by atoms with Crippen LogP contribution in [0.1, 0.15) is 30.1 Å². The highest BCUT2D eigenvalue weighted by molar-refractivity contribution is 6.02. The summed E-state index contributed by atoms with van der Waals surface area (Å²) in [7, 11) is 3.01. The number of carboxylic acid groups (broad SMARTS) is 1. The molecule has 3 unspecified atom stereocenters. The van der Waals surface area contributed by atoms with E-state index in [-0.39, 0.29) is 11.7 Å². The molecule has 0 amide bonds. The van der Waals surface area contributed by atoms with Gasteiger partial charge in [-0.15, -0.1) is 0 Å². The zero-order valence-corrected chi connectivity index (χ0v) is 12.5. The normalized spacial score (nSPS) is 24.6. The average molecular weight is 292 g/mol. The first-order valence-corrected chi connectivity index (χ1v) is 6.97. The van der Waals surface area contributed by atoms with E-state index in [0.29, 0.717) is 29.9 Å². The molecule has 0 aliphatic heterocycles. The van der Waals surface area contributed by atoms with Crippen molar-refractivity contribution >= 4 is 11.8 Å². The van der Waals surface area contributed by atoms with E-state index in [9.17, 15) is 14.7 Å². The third kappa shape index (κ3) is 3.01. The van der Waals surface area contributed by atoms with Gasteiger partial charge in [-0.3, -0.25) is 9.59 Å². The second kappa shape index (κ2) is 6.16. The van der Waals surface area contributed by atoms with Gasteiger partial charge >= 0.3 is 5.97 Å². The van der Waals surface area contributed by atoms with Crippen LogP contribution in [-0.2, 0) is 4.79 Å². The van der Waals surface area contributed by atoms with Crippen LogP contribution >= 0.6 is 0 Å². The highest BCUT2D eigenvalue weighted by atomic mass is 16.5. The van der Waals surface area contributed by atoms with Crippen molar-refractivity contribution < 1.29 is 24.2 Å². The monoisotopic (exact) mass is 292 g/mol. The summed E-state index contributed by atoms with van der Waals surface area (Å²) in [5, 5.41) is 9.32. The molecule has 3 atom stereocenters. The molecule has 1 aliphatic rings. The predicted octanol–water partition coefficient (Wildman–Crippen LogP) is 2.63. The molecule has 0 saturated heterocycles. The number of methoxy groups -OCH3 is 2. The topological polar surface area (TPSA) is 72.8 Å². The summed E-state index contributed by atoms with van der Waals surface area (Å²) in [5.74, 6) is -0.970. The summed E-state index contributed by atoms with van der Waals surface area (Å²) in [4.78, 5) is 24.1. The van der Waals surface area contributed by atoms with Gasteiger partial charge in [0.15, 0.2) is 5.78 Å². The van der Waals surface area contributed by atoms with Crippen LogP contribution in [0.3, 0.4) is 0 Å². The fourth-order valence-electron chi connectivity index (χ4n) is 3.06. The van der Waals surface area contributed by atoms with Gasteiger partial charge in [0.05, 0.1) is 25.7 Å². The number of ether oxygens (including phenoxy) is 2. The molecule has 5 heteroatoms. The molecule has 5 nitrogen and oxygen atoms in total. The molecule has 0 radical (unpaired) electrons. The Morgan fingerprint density at radius 3 is 2.38 bits per heavy atom. The Balaban J connectivity index is 2.36. The SMILES string of the molecule is COc1ccc(OC)c(C(=O)C2CC(C)CC2C(=O)O)c1. The van der Waals surface area contributed by atoms with Crippen LogP contribution in [0.5, 0.6) is 11.5 Å². The molecular formula is C16H20O5. The Labute approximate surface area is 123 Å². The number of carbonyl (C=O) groups excluding carboxylic acids is 1. The van der Waals surface area contributed by atoms with Crippen LogP contribution in [0.25, 0.3) is 0 Å². The van der Waals surface area contributed by atoms with E-state index in [2.05, 4.69) is 0 Å². The molecule has 21 heavy (non-hydrogen) atoms. The molecule has 2 rings (SSSR count). The van der Waals surface area contributed by atoms with Crippen molar-refractivity contribution in [3.05, 3.63) is 23.8 Å². The molecule has 1 fully saturated rings. The predicted molar refractivity (Wildman–Crippen MR) is 76.9 cm³/mol. The van der Waals surface area contributed by atoms with Crippen LogP contribution in [0.2, 0.25) is 0 Å². The van der Waals surface area contributed by atoms with Crippen LogP contribution in [0, 0.1) is 17.8 Å². The highest BCUT2D eigenvalue weighted by Gasteiger charge is 2.42.